The first-order chi connectivity index (χ1) is 15.3. The molecular formula is C23H33N3O5S. The third kappa shape index (κ3) is 6.37. The van der Waals surface area contributed by atoms with Crippen LogP contribution in [0.15, 0.2) is 41.3 Å². The van der Waals surface area contributed by atoms with Crippen molar-refractivity contribution in [2.24, 2.45) is 0 Å². The third-order valence-corrected chi connectivity index (χ3v) is 6.87. The van der Waals surface area contributed by atoms with Gasteiger partial charge in [-0.1, -0.05) is 19.9 Å². The van der Waals surface area contributed by atoms with Gasteiger partial charge in [-0.15, -0.1) is 0 Å². The van der Waals surface area contributed by atoms with Crippen molar-refractivity contribution in [2.45, 2.75) is 39.5 Å². The highest BCUT2D eigenvalue weighted by molar-refractivity contribution is 7.89. The molecule has 32 heavy (non-hydrogen) atoms. The zero-order chi connectivity index (χ0) is 23.7. The first kappa shape index (κ1) is 25.5. The smallest absolute Gasteiger partial charge is 0.243 e. The predicted molar refractivity (Wildman–Crippen MR) is 127 cm³/mol. The molecule has 0 aliphatic carbocycles. The van der Waals surface area contributed by atoms with E-state index in [9.17, 15) is 13.2 Å². The van der Waals surface area contributed by atoms with Gasteiger partial charge in [0.15, 0.2) is 0 Å². The van der Waals surface area contributed by atoms with Gasteiger partial charge in [0.2, 0.25) is 15.9 Å². The van der Waals surface area contributed by atoms with Gasteiger partial charge in [-0.3, -0.25) is 4.79 Å². The molecule has 1 amide bonds. The Bertz CT molecular complexity index is 1020. The highest BCUT2D eigenvalue weighted by atomic mass is 32.2. The van der Waals surface area contributed by atoms with Crippen molar-refractivity contribution in [2.75, 3.05) is 43.5 Å². The number of nitrogens with zero attached hydrogens (tertiary/aromatic N) is 1. The summed E-state index contributed by atoms with van der Waals surface area (Å²) in [5.74, 6) is 0.978. The third-order valence-electron chi connectivity index (χ3n) is 4.83. The van der Waals surface area contributed by atoms with Crippen LogP contribution in [0, 0.1) is 6.92 Å². The Kier molecular flexibility index (Phi) is 9.34. The van der Waals surface area contributed by atoms with Crippen molar-refractivity contribution in [3.8, 4) is 11.5 Å². The Morgan fingerprint density at radius 1 is 0.938 bits per heavy atom. The highest BCUT2D eigenvalue weighted by Gasteiger charge is 2.22. The van der Waals surface area contributed by atoms with E-state index in [1.54, 1.807) is 38.1 Å². The predicted octanol–water partition coefficient (Wildman–Crippen LogP) is 3.87. The van der Waals surface area contributed by atoms with E-state index in [2.05, 4.69) is 10.6 Å². The number of carbonyl (C=O) groups is 1. The summed E-state index contributed by atoms with van der Waals surface area (Å²) in [7, 11) is -3.62. The second kappa shape index (κ2) is 11.7. The lowest BCUT2D eigenvalue weighted by Crippen LogP contribution is -2.30. The molecule has 2 rings (SSSR count). The van der Waals surface area contributed by atoms with E-state index in [1.807, 2.05) is 26.8 Å². The van der Waals surface area contributed by atoms with Crippen LogP contribution in [0.4, 0.5) is 11.4 Å². The Morgan fingerprint density at radius 3 is 2.25 bits per heavy atom. The molecule has 0 spiro atoms. The summed E-state index contributed by atoms with van der Waals surface area (Å²) in [5, 5.41) is 5.88. The molecule has 0 saturated carbocycles. The number of ether oxygens (including phenoxy) is 2. The van der Waals surface area contributed by atoms with Gasteiger partial charge in [0.1, 0.15) is 11.5 Å². The molecule has 0 bridgehead atoms. The fourth-order valence-electron chi connectivity index (χ4n) is 3.16. The summed E-state index contributed by atoms with van der Waals surface area (Å²) in [6.45, 7) is 10.9. The van der Waals surface area contributed by atoms with E-state index in [0.29, 0.717) is 49.2 Å². The van der Waals surface area contributed by atoms with E-state index in [1.165, 1.54) is 10.4 Å². The number of hydrogen-bond donors (Lipinski definition) is 2. The average Bonchev–Trinajstić information content (AvgIpc) is 2.76. The molecule has 0 saturated heterocycles. The fraction of sp³-hybridized carbons (Fsp3) is 0.435. The van der Waals surface area contributed by atoms with Crippen molar-refractivity contribution < 1.29 is 22.7 Å². The quantitative estimate of drug-likeness (QED) is 0.496. The van der Waals surface area contributed by atoms with Crippen molar-refractivity contribution >= 4 is 27.3 Å². The average molecular weight is 464 g/mol. The number of aryl methyl sites for hydroxylation is 1. The molecule has 8 nitrogen and oxygen atoms in total. The highest BCUT2D eigenvalue weighted by Crippen LogP contribution is 2.29. The van der Waals surface area contributed by atoms with Crippen LogP contribution >= 0.6 is 0 Å². The largest absolute Gasteiger partial charge is 0.494 e. The minimum atomic E-state index is -3.62. The second-order valence-corrected chi connectivity index (χ2v) is 8.93. The van der Waals surface area contributed by atoms with E-state index in [0.717, 1.165) is 5.56 Å². The van der Waals surface area contributed by atoms with Crippen LogP contribution in [0.2, 0.25) is 0 Å². The van der Waals surface area contributed by atoms with E-state index < -0.39 is 10.0 Å². The molecule has 0 aliphatic heterocycles. The van der Waals surface area contributed by atoms with E-state index in [4.69, 9.17) is 9.47 Å². The number of sulfonamides is 1. The Morgan fingerprint density at radius 2 is 1.62 bits per heavy atom. The van der Waals surface area contributed by atoms with Crippen LogP contribution in [-0.2, 0) is 14.8 Å². The lowest BCUT2D eigenvalue weighted by Gasteiger charge is -2.19. The number of benzene rings is 2. The number of nitrogens with one attached hydrogen (secondary N) is 2. The van der Waals surface area contributed by atoms with Crippen LogP contribution in [0.3, 0.4) is 0 Å². The van der Waals surface area contributed by atoms with Gasteiger partial charge in [0.25, 0.3) is 0 Å². The zero-order valence-corrected chi connectivity index (χ0v) is 20.2. The lowest BCUT2D eigenvalue weighted by molar-refractivity contribution is -0.114. The normalized spacial score (nSPS) is 11.3. The molecular weight excluding hydrogens is 430 g/mol. The lowest BCUT2D eigenvalue weighted by atomic mass is 10.2. The summed E-state index contributed by atoms with van der Waals surface area (Å²) >= 11 is 0. The molecule has 0 aliphatic rings. The number of carbonyl (C=O) groups excluding carboxylic acids is 1. The summed E-state index contributed by atoms with van der Waals surface area (Å²) in [6.07, 6.45) is 0. The molecule has 0 unspecified atom stereocenters. The van der Waals surface area contributed by atoms with Gasteiger partial charge in [-0.2, -0.15) is 4.31 Å². The van der Waals surface area contributed by atoms with Crippen molar-refractivity contribution in [1.29, 1.82) is 0 Å². The van der Waals surface area contributed by atoms with Gasteiger partial charge in [0, 0.05) is 24.8 Å². The first-order valence-electron chi connectivity index (χ1n) is 10.8. The van der Waals surface area contributed by atoms with Crippen molar-refractivity contribution in [3.63, 3.8) is 0 Å². The second-order valence-electron chi connectivity index (χ2n) is 6.99. The molecule has 0 radical (unpaired) electrons. The standard InChI is InChI=1S/C23H33N3O5S/c1-6-26(7-2)32(28,29)19-12-10-17(5)20(15-19)25-23(27)16-24-21-14-18(30-8-3)11-13-22(21)31-9-4/h10-15,24H,6-9,16H2,1-5H3,(H,25,27). The molecule has 2 N–H and O–H groups in total. The van der Waals surface area contributed by atoms with Crippen LogP contribution in [-0.4, -0.2) is 51.5 Å². The minimum absolute atomic E-state index is 0.0257. The topological polar surface area (TPSA) is 97.0 Å². The van der Waals surface area contributed by atoms with Gasteiger partial charge < -0.3 is 20.1 Å². The SMILES string of the molecule is CCOc1ccc(OCC)c(NCC(=O)Nc2cc(S(=O)(=O)N(CC)CC)ccc2C)c1. The maximum Gasteiger partial charge on any atom is 0.243 e. The summed E-state index contributed by atoms with van der Waals surface area (Å²) < 4.78 is 38.1. The van der Waals surface area contributed by atoms with Gasteiger partial charge >= 0.3 is 0 Å². The summed E-state index contributed by atoms with van der Waals surface area (Å²) in [4.78, 5) is 12.8. The minimum Gasteiger partial charge on any atom is -0.494 e. The number of amides is 1. The molecule has 0 atom stereocenters. The fourth-order valence-corrected chi connectivity index (χ4v) is 4.65. The molecule has 2 aromatic carbocycles. The maximum atomic E-state index is 12.8. The van der Waals surface area contributed by atoms with Crippen LogP contribution in [0.1, 0.15) is 33.3 Å². The van der Waals surface area contributed by atoms with E-state index in [-0.39, 0.29) is 17.3 Å². The number of hydrogen-bond acceptors (Lipinski definition) is 6. The number of rotatable bonds is 12. The van der Waals surface area contributed by atoms with Crippen molar-refractivity contribution in [3.05, 3.63) is 42.0 Å². The van der Waals surface area contributed by atoms with E-state index >= 15 is 0 Å². The molecule has 9 heteroatoms. The molecule has 0 aromatic heterocycles. The monoisotopic (exact) mass is 463 g/mol. The Balaban J connectivity index is 2.16. The van der Waals surface area contributed by atoms with Crippen LogP contribution < -0.4 is 20.1 Å². The molecule has 176 valence electrons. The van der Waals surface area contributed by atoms with Crippen LogP contribution in [0.25, 0.3) is 0 Å². The molecule has 0 heterocycles. The van der Waals surface area contributed by atoms with Gasteiger partial charge in [-0.25, -0.2) is 8.42 Å². The van der Waals surface area contributed by atoms with Crippen LogP contribution in [0.5, 0.6) is 11.5 Å². The Labute approximate surface area is 191 Å². The Hall–Kier alpha value is -2.78. The molecule has 0 fully saturated rings. The first-order valence-corrected chi connectivity index (χ1v) is 12.2. The maximum absolute atomic E-state index is 12.8. The summed E-state index contributed by atoms with van der Waals surface area (Å²) in [5.41, 5.74) is 1.87. The molecule has 2 aromatic rings. The zero-order valence-electron chi connectivity index (χ0n) is 19.4. The van der Waals surface area contributed by atoms with Crippen molar-refractivity contribution in [1.82, 2.24) is 4.31 Å². The van der Waals surface area contributed by atoms with Gasteiger partial charge in [-0.05, 0) is 50.6 Å². The summed E-state index contributed by atoms with van der Waals surface area (Å²) in [6, 6.07) is 10.1. The van der Waals surface area contributed by atoms with Gasteiger partial charge in [0.05, 0.1) is 30.3 Å². The number of anilines is 2.